The third kappa shape index (κ3) is 5.13. The molecule has 0 aliphatic rings. The summed E-state index contributed by atoms with van der Waals surface area (Å²) in [4.78, 5) is 2.17. The molecule has 1 N–H and O–H groups in total. The maximum absolute atomic E-state index is 8.99. The molecule has 2 atom stereocenters. The summed E-state index contributed by atoms with van der Waals surface area (Å²) in [5, 5.41) is 8.97. The summed E-state index contributed by atoms with van der Waals surface area (Å²) in [7, 11) is 0. The Labute approximate surface area is 122 Å². The molecule has 1 rings (SSSR count). The number of hydrogen-bond donors (Lipinski definition) is 1. The molecular formula is C16H26ClNO. The Hall–Kier alpha value is -0.570. The van der Waals surface area contributed by atoms with E-state index in [-0.39, 0.29) is 12.0 Å². The van der Waals surface area contributed by atoms with Crippen LogP contribution < -0.4 is 0 Å². The van der Waals surface area contributed by atoms with Crippen LogP contribution in [0.3, 0.4) is 0 Å². The predicted octanol–water partition coefficient (Wildman–Crippen LogP) is 3.79. The predicted molar refractivity (Wildman–Crippen MR) is 82.9 cm³/mol. The third-order valence-electron chi connectivity index (χ3n) is 3.76. The quantitative estimate of drug-likeness (QED) is 0.734. The molecular weight excluding hydrogens is 258 g/mol. The third-order valence-corrected chi connectivity index (χ3v) is 4.15. The Morgan fingerprint density at radius 1 is 1.16 bits per heavy atom. The molecule has 0 aromatic heterocycles. The van der Waals surface area contributed by atoms with Crippen LogP contribution in [0.2, 0.25) is 0 Å². The minimum absolute atomic E-state index is 0.0162. The van der Waals surface area contributed by atoms with E-state index in [1.165, 1.54) is 5.56 Å². The minimum Gasteiger partial charge on any atom is -0.395 e. The highest BCUT2D eigenvalue weighted by atomic mass is 35.5. The van der Waals surface area contributed by atoms with Crippen molar-refractivity contribution in [2.24, 2.45) is 0 Å². The molecule has 3 heteroatoms. The van der Waals surface area contributed by atoms with Crippen molar-refractivity contribution in [1.29, 1.82) is 0 Å². The number of rotatable bonds is 8. The van der Waals surface area contributed by atoms with Crippen molar-refractivity contribution < 1.29 is 5.11 Å². The van der Waals surface area contributed by atoms with E-state index in [9.17, 15) is 0 Å². The zero-order valence-electron chi connectivity index (χ0n) is 12.3. The summed E-state index contributed by atoms with van der Waals surface area (Å²) in [6.07, 6.45) is 1.16. The van der Waals surface area contributed by atoms with Gasteiger partial charge in [0.25, 0.3) is 0 Å². The Kier molecular flexibility index (Phi) is 7.44. The van der Waals surface area contributed by atoms with E-state index in [4.69, 9.17) is 16.7 Å². The molecule has 108 valence electrons. The molecule has 1 aromatic rings. The van der Waals surface area contributed by atoms with Gasteiger partial charge in [0.2, 0.25) is 0 Å². The number of hydrogen-bond acceptors (Lipinski definition) is 2. The molecule has 0 aliphatic heterocycles. The topological polar surface area (TPSA) is 23.5 Å². The summed E-state index contributed by atoms with van der Waals surface area (Å²) in [5.74, 6) is 0.601. The van der Waals surface area contributed by atoms with E-state index < -0.39 is 0 Å². The molecule has 0 saturated carbocycles. The number of aliphatic hydroxyl groups is 1. The molecule has 19 heavy (non-hydrogen) atoms. The van der Waals surface area contributed by atoms with Crippen LogP contribution in [0.4, 0.5) is 0 Å². The van der Waals surface area contributed by atoms with Gasteiger partial charge in [0.15, 0.2) is 0 Å². The molecule has 0 amide bonds. The van der Waals surface area contributed by atoms with E-state index in [0.29, 0.717) is 12.5 Å². The normalized spacial score (nSPS) is 14.6. The summed E-state index contributed by atoms with van der Waals surface area (Å²) in [5.41, 5.74) is 2.53. The largest absolute Gasteiger partial charge is 0.395 e. The van der Waals surface area contributed by atoms with Crippen LogP contribution in [-0.2, 0) is 0 Å². The minimum atomic E-state index is -0.0162. The van der Waals surface area contributed by atoms with Crippen LogP contribution in [0, 0.1) is 0 Å². The highest BCUT2D eigenvalue weighted by Gasteiger charge is 2.13. The molecule has 0 radical (unpaired) electrons. The first-order valence-corrected chi connectivity index (χ1v) is 7.63. The Morgan fingerprint density at radius 3 is 2.21 bits per heavy atom. The zero-order chi connectivity index (χ0) is 14.3. The van der Waals surface area contributed by atoms with Gasteiger partial charge in [-0.15, -0.1) is 11.6 Å². The first kappa shape index (κ1) is 16.5. The van der Waals surface area contributed by atoms with Gasteiger partial charge < -0.3 is 5.11 Å². The first-order chi connectivity index (χ1) is 9.12. The molecule has 0 fully saturated rings. The first-order valence-electron chi connectivity index (χ1n) is 7.19. The number of aliphatic hydroxyl groups excluding tert-OH is 1. The SMILES string of the molecule is CCC(C)c1ccc(C(Cl)CN(CC)CCO)cc1. The number of likely N-dealkylation sites (N-methyl/N-ethyl adjacent to an activating group) is 1. The summed E-state index contributed by atoms with van der Waals surface area (Å²) in [6.45, 7) is 9.10. The van der Waals surface area contributed by atoms with Gasteiger partial charge in [0.05, 0.1) is 12.0 Å². The molecule has 0 heterocycles. The van der Waals surface area contributed by atoms with Crippen LogP contribution in [0.25, 0.3) is 0 Å². The average Bonchev–Trinajstić information content (AvgIpc) is 2.45. The Balaban J connectivity index is 2.64. The van der Waals surface area contributed by atoms with Crippen LogP contribution in [0.1, 0.15) is 49.6 Å². The van der Waals surface area contributed by atoms with Crippen molar-refractivity contribution in [3.8, 4) is 0 Å². The lowest BCUT2D eigenvalue weighted by Crippen LogP contribution is -2.29. The van der Waals surface area contributed by atoms with Gasteiger partial charge in [0, 0.05) is 13.1 Å². The molecule has 0 saturated heterocycles. The van der Waals surface area contributed by atoms with Crippen LogP contribution in [0.15, 0.2) is 24.3 Å². The van der Waals surface area contributed by atoms with Gasteiger partial charge in [-0.2, -0.15) is 0 Å². The highest BCUT2D eigenvalue weighted by molar-refractivity contribution is 6.21. The standard InChI is InChI=1S/C16H26ClNO/c1-4-13(3)14-6-8-15(9-7-14)16(17)12-18(5-2)10-11-19/h6-9,13,16,19H,4-5,10-12H2,1-3H3. The van der Waals surface area contributed by atoms with Crippen molar-refractivity contribution >= 4 is 11.6 Å². The Morgan fingerprint density at radius 2 is 1.74 bits per heavy atom. The van der Waals surface area contributed by atoms with Crippen molar-refractivity contribution in [3.05, 3.63) is 35.4 Å². The lowest BCUT2D eigenvalue weighted by Gasteiger charge is -2.22. The summed E-state index contributed by atoms with van der Waals surface area (Å²) in [6, 6.07) is 8.63. The second kappa shape index (κ2) is 8.57. The maximum atomic E-state index is 8.99. The number of halogens is 1. The van der Waals surface area contributed by atoms with E-state index in [1.807, 2.05) is 0 Å². The lowest BCUT2D eigenvalue weighted by molar-refractivity contribution is 0.202. The van der Waals surface area contributed by atoms with Crippen LogP contribution >= 0.6 is 11.6 Å². The van der Waals surface area contributed by atoms with Crippen molar-refractivity contribution in [2.45, 2.75) is 38.5 Å². The fraction of sp³-hybridized carbons (Fsp3) is 0.625. The highest BCUT2D eigenvalue weighted by Crippen LogP contribution is 2.25. The number of benzene rings is 1. The van der Waals surface area contributed by atoms with E-state index in [1.54, 1.807) is 0 Å². The fourth-order valence-corrected chi connectivity index (χ4v) is 2.46. The second-order valence-corrected chi connectivity index (χ2v) is 5.59. The van der Waals surface area contributed by atoms with Crippen molar-refractivity contribution in [1.82, 2.24) is 4.90 Å². The van der Waals surface area contributed by atoms with E-state index >= 15 is 0 Å². The lowest BCUT2D eigenvalue weighted by atomic mass is 9.97. The van der Waals surface area contributed by atoms with E-state index in [2.05, 4.69) is 49.9 Å². The van der Waals surface area contributed by atoms with Gasteiger partial charge in [-0.3, -0.25) is 4.90 Å². The van der Waals surface area contributed by atoms with Gasteiger partial charge in [-0.25, -0.2) is 0 Å². The number of alkyl halides is 1. The zero-order valence-corrected chi connectivity index (χ0v) is 13.0. The molecule has 0 spiro atoms. The van der Waals surface area contributed by atoms with Gasteiger partial charge >= 0.3 is 0 Å². The molecule has 0 aliphatic carbocycles. The van der Waals surface area contributed by atoms with Crippen molar-refractivity contribution in [3.63, 3.8) is 0 Å². The number of nitrogens with zero attached hydrogens (tertiary/aromatic N) is 1. The monoisotopic (exact) mass is 283 g/mol. The smallest absolute Gasteiger partial charge is 0.0712 e. The second-order valence-electron chi connectivity index (χ2n) is 5.06. The van der Waals surface area contributed by atoms with Gasteiger partial charge in [-0.1, -0.05) is 45.0 Å². The van der Waals surface area contributed by atoms with Crippen LogP contribution in [-0.4, -0.2) is 36.2 Å². The summed E-state index contributed by atoms with van der Waals surface area (Å²) < 4.78 is 0. The van der Waals surface area contributed by atoms with Gasteiger partial charge in [-0.05, 0) is 30.0 Å². The summed E-state index contributed by atoms with van der Waals surface area (Å²) >= 11 is 6.46. The molecule has 2 unspecified atom stereocenters. The molecule has 2 nitrogen and oxygen atoms in total. The fourth-order valence-electron chi connectivity index (χ4n) is 2.12. The van der Waals surface area contributed by atoms with Gasteiger partial charge in [0.1, 0.15) is 0 Å². The average molecular weight is 284 g/mol. The van der Waals surface area contributed by atoms with Crippen LogP contribution in [0.5, 0.6) is 0 Å². The Bertz CT molecular complexity index is 352. The molecule has 0 bridgehead atoms. The molecule has 1 aromatic carbocycles. The van der Waals surface area contributed by atoms with E-state index in [0.717, 1.165) is 25.1 Å². The van der Waals surface area contributed by atoms with Crippen molar-refractivity contribution in [2.75, 3.05) is 26.2 Å². The maximum Gasteiger partial charge on any atom is 0.0712 e.